The number of thiophene rings is 1. The lowest BCUT2D eigenvalue weighted by Gasteiger charge is -2.27. The quantitative estimate of drug-likeness (QED) is 0.277. The van der Waals surface area contributed by atoms with Crippen molar-refractivity contribution in [2.75, 3.05) is 39.0 Å². The van der Waals surface area contributed by atoms with Crippen molar-refractivity contribution in [1.82, 2.24) is 9.88 Å². The molecule has 2 aliphatic heterocycles. The molecule has 8 nitrogen and oxygen atoms in total. The van der Waals surface area contributed by atoms with E-state index in [2.05, 4.69) is 11.0 Å². The van der Waals surface area contributed by atoms with Crippen molar-refractivity contribution in [1.29, 1.82) is 0 Å². The number of aryl methyl sites for hydroxylation is 1. The Morgan fingerprint density at radius 1 is 0.974 bits per heavy atom. The third-order valence-electron chi connectivity index (χ3n) is 7.22. The molecule has 0 saturated carbocycles. The molecule has 39 heavy (non-hydrogen) atoms. The van der Waals surface area contributed by atoms with Crippen LogP contribution in [-0.2, 0) is 13.1 Å². The van der Waals surface area contributed by atoms with Crippen LogP contribution >= 0.6 is 11.3 Å². The zero-order valence-corrected chi connectivity index (χ0v) is 23.2. The predicted molar refractivity (Wildman–Crippen MR) is 151 cm³/mol. The van der Waals surface area contributed by atoms with Crippen LogP contribution in [0.4, 0.5) is 5.82 Å². The molecule has 9 heteroatoms. The first-order valence-corrected chi connectivity index (χ1v) is 13.9. The van der Waals surface area contributed by atoms with Crippen molar-refractivity contribution >= 4 is 34.0 Å². The van der Waals surface area contributed by atoms with Crippen LogP contribution in [0.25, 0.3) is 10.9 Å². The van der Waals surface area contributed by atoms with Gasteiger partial charge in [-0.15, -0.1) is 11.3 Å². The van der Waals surface area contributed by atoms with Crippen molar-refractivity contribution in [2.24, 2.45) is 0 Å². The Kier molecular flexibility index (Phi) is 6.91. The summed E-state index contributed by atoms with van der Waals surface area (Å²) < 4.78 is 22.4. The number of hydrogen-bond acceptors (Lipinski definition) is 8. The number of aromatic nitrogens is 1. The lowest BCUT2D eigenvalue weighted by molar-refractivity contribution is 0.0735. The fourth-order valence-corrected chi connectivity index (χ4v) is 6.11. The first kappa shape index (κ1) is 25.3. The summed E-state index contributed by atoms with van der Waals surface area (Å²) in [5.74, 6) is 3.71. The number of rotatable bonds is 8. The summed E-state index contributed by atoms with van der Waals surface area (Å²) >= 11 is 1.51. The third-order valence-corrected chi connectivity index (χ3v) is 8.21. The molecule has 0 unspecified atom stereocenters. The maximum absolute atomic E-state index is 13.9. The Bertz CT molecular complexity index is 1530. The molecule has 1 saturated heterocycles. The number of ether oxygens (including phenoxy) is 4. The molecule has 4 heterocycles. The van der Waals surface area contributed by atoms with Gasteiger partial charge in [-0.05, 0) is 67.8 Å². The molecule has 0 spiro atoms. The Labute approximate surface area is 231 Å². The molecule has 0 aliphatic carbocycles. The van der Waals surface area contributed by atoms with E-state index in [0.29, 0.717) is 29.5 Å². The van der Waals surface area contributed by atoms with Gasteiger partial charge in [0, 0.05) is 35.5 Å². The second kappa shape index (κ2) is 10.6. The van der Waals surface area contributed by atoms with Crippen molar-refractivity contribution in [3.63, 3.8) is 0 Å². The second-order valence-corrected chi connectivity index (χ2v) is 11.1. The molecular formula is C30H31N3O5S. The highest BCUT2D eigenvalue weighted by atomic mass is 32.1. The van der Waals surface area contributed by atoms with Gasteiger partial charge in [-0.2, -0.15) is 0 Å². The molecule has 2 aliphatic rings. The van der Waals surface area contributed by atoms with E-state index in [0.717, 1.165) is 70.2 Å². The lowest BCUT2D eigenvalue weighted by Crippen LogP contribution is -2.31. The zero-order chi connectivity index (χ0) is 26.9. The molecule has 2 aromatic heterocycles. The fourth-order valence-electron chi connectivity index (χ4n) is 5.27. The van der Waals surface area contributed by atoms with Gasteiger partial charge in [0.2, 0.25) is 6.79 Å². The minimum atomic E-state index is -0.0177. The largest absolute Gasteiger partial charge is 0.496 e. The summed E-state index contributed by atoms with van der Waals surface area (Å²) in [5, 5.41) is 0.859. The zero-order valence-electron chi connectivity index (χ0n) is 22.4. The molecule has 6 rings (SSSR count). The SMILES string of the molecule is COc1ccc(OC)c2nc(N3CCCC3)c(CN(Cc3ccc4c(c3)OCO4)C(=O)c3ccc(C)s3)cc12. The number of nitrogens with zero attached hydrogens (tertiary/aromatic N) is 3. The van der Waals surface area contributed by atoms with E-state index in [-0.39, 0.29) is 12.7 Å². The van der Waals surface area contributed by atoms with Crippen LogP contribution in [0, 0.1) is 6.92 Å². The highest BCUT2D eigenvalue weighted by molar-refractivity contribution is 7.13. The van der Waals surface area contributed by atoms with Gasteiger partial charge in [0.05, 0.1) is 25.6 Å². The number of amides is 1. The molecule has 0 atom stereocenters. The number of carbonyl (C=O) groups is 1. The van der Waals surface area contributed by atoms with Gasteiger partial charge in [-0.3, -0.25) is 4.79 Å². The van der Waals surface area contributed by atoms with Crippen molar-refractivity contribution in [2.45, 2.75) is 32.9 Å². The molecule has 4 aromatic rings. The van der Waals surface area contributed by atoms with Crippen molar-refractivity contribution in [3.05, 3.63) is 69.4 Å². The van der Waals surface area contributed by atoms with Crippen LogP contribution in [0.15, 0.2) is 48.5 Å². The molecular weight excluding hydrogens is 514 g/mol. The number of hydrogen-bond donors (Lipinski definition) is 0. The van der Waals surface area contributed by atoms with Gasteiger partial charge in [-0.1, -0.05) is 6.07 Å². The van der Waals surface area contributed by atoms with E-state index in [1.54, 1.807) is 14.2 Å². The second-order valence-electron chi connectivity index (χ2n) is 9.79. The average molecular weight is 546 g/mol. The molecule has 1 amide bonds. The van der Waals surface area contributed by atoms with Gasteiger partial charge in [0.15, 0.2) is 11.5 Å². The van der Waals surface area contributed by atoms with E-state index in [1.807, 2.05) is 54.3 Å². The van der Waals surface area contributed by atoms with Gasteiger partial charge in [0.25, 0.3) is 5.91 Å². The molecule has 202 valence electrons. The molecule has 2 aromatic carbocycles. The lowest BCUT2D eigenvalue weighted by atomic mass is 10.1. The summed E-state index contributed by atoms with van der Waals surface area (Å²) in [7, 11) is 3.31. The summed E-state index contributed by atoms with van der Waals surface area (Å²) in [4.78, 5) is 25.1. The maximum Gasteiger partial charge on any atom is 0.264 e. The normalized spacial score (nSPS) is 14.2. The number of fused-ring (bicyclic) bond motifs is 2. The van der Waals surface area contributed by atoms with E-state index in [4.69, 9.17) is 23.9 Å². The van der Waals surface area contributed by atoms with E-state index in [1.165, 1.54) is 11.3 Å². The first-order chi connectivity index (χ1) is 19.0. The number of methoxy groups -OCH3 is 2. The Hall–Kier alpha value is -3.98. The van der Waals surface area contributed by atoms with E-state index >= 15 is 0 Å². The maximum atomic E-state index is 13.9. The van der Waals surface area contributed by atoms with Gasteiger partial charge in [-0.25, -0.2) is 4.98 Å². The van der Waals surface area contributed by atoms with Crippen LogP contribution in [0.2, 0.25) is 0 Å². The minimum absolute atomic E-state index is 0.0177. The Morgan fingerprint density at radius 2 is 1.74 bits per heavy atom. The summed E-state index contributed by atoms with van der Waals surface area (Å²) in [6.07, 6.45) is 2.23. The molecule has 0 bridgehead atoms. The number of pyridine rings is 1. The molecule has 0 radical (unpaired) electrons. The average Bonchev–Trinajstić information content (AvgIpc) is 3.73. The number of anilines is 1. The smallest absolute Gasteiger partial charge is 0.264 e. The van der Waals surface area contributed by atoms with Crippen molar-refractivity contribution < 1.29 is 23.7 Å². The predicted octanol–water partition coefficient (Wildman–Crippen LogP) is 5.79. The van der Waals surface area contributed by atoms with Gasteiger partial charge in [0.1, 0.15) is 22.8 Å². The number of benzene rings is 2. The van der Waals surface area contributed by atoms with Crippen LogP contribution in [0.3, 0.4) is 0 Å². The van der Waals surface area contributed by atoms with E-state index < -0.39 is 0 Å². The first-order valence-electron chi connectivity index (χ1n) is 13.1. The van der Waals surface area contributed by atoms with Crippen LogP contribution in [0.1, 0.15) is 38.5 Å². The Morgan fingerprint density at radius 3 is 2.49 bits per heavy atom. The van der Waals surface area contributed by atoms with Gasteiger partial charge < -0.3 is 28.7 Å². The summed E-state index contributed by atoms with van der Waals surface area (Å²) in [6.45, 7) is 4.89. The molecule has 0 N–H and O–H groups in total. The van der Waals surface area contributed by atoms with E-state index in [9.17, 15) is 4.79 Å². The fraction of sp³-hybridized carbons (Fsp3) is 0.333. The van der Waals surface area contributed by atoms with Crippen LogP contribution in [-0.4, -0.2) is 49.9 Å². The van der Waals surface area contributed by atoms with Gasteiger partial charge >= 0.3 is 0 Å². The highest BCUT2D eigenvalue weighted by Crippen LogP contribution is 2.38. The minimum Gasteiger partial charge on any atom is -0.496 e. The topological polar surface area (TPSA) is 73.4 Å². The molecule has 1 fully saturated rings. The summed E-state index contributed by atoms with van der Waals surface area (Å²) in [5.41, 5.74) is 2.69. The summed E-state index contributed by atoms with van der Waals surface area (Å²) in [6, 6.07) is 15.6. The highest BCUT2D eigenvalue weighted by Gasteiger charge is 2.26. The Balaban J connectivity index is 1.44. The number of carbonyl (C=O) groups excluding carboxylic acids is 1. The van der Waals surface area contributed by atoms with Crippen LogP contribution in [0.5, 0.6) is 23.0 Å². The van der Waals surface area contributed by atoms with Crippen LogP contribution < -0.4 is 23.8 Å². The third kappa shape index (κ3) is 4.94. The monoisotopic (exact) mass is 545 g/mol. The van der Waals surface area contributed by atoms with Crippen molar-refractivity contribution in [3.8, 4) is 23.0 Å². The standard InChI is InChI=1S/C30H31N3O5S/c1-19-6-11-27(39-19)30(34)33(16-20-7-8-24-26(14-20)38-18-37-24)17-21-15-22-23(35-2)9-10-25(36-3)28(22)31-29(21)32-12-4-5-13-32/h6-11,14-15H,4-5,12-13,16-18H2,1-3H3.